The fourth-order valence-electron chi connectivity index (χ4n) is 6.44. The zero-order chi connectivity index (χ0) is 16.1. The lowest BCUT2D eigenvalue weighted by Gasteiger charge is -2.55. The number of nitrogens with zero attached hydrogens (tertiary/aromatic N) is 2. The molecule has 4 nitrogen and oxygen atoms in total. The minimum Gasteiger partial charge on any atom is -0.354 e. The van der Waals surface area contributed by atoms with Crippen LogP contribution in [0.4, 0.5) is 5.13 Å². The second-order valence-corrected chi connectivity index (χ2v) is 9.59. The number of nitrogens with one attached hydrogen (secondary N) is 1. The third-order valence-electron chi connectivity index (χ3n) is 7.06. The van der Waals surface area contributed by atoms with Gasteiger partial charge in [0.05, 0.1) is 0 Å². The number of carbonyl (C=O) groups excluding carboxylic acids is 1. The highest BCUT2D eigenvalue weighted by atomic mass is 32.1. The Morgan fingerprint density at radius 1 is 1.25 bits per heavy atom. The van der Waals surface area contributed by atoms with Crippen LogP contribution in [0.3, 0.4) is 0 Å². The van der Waals surface area contributed by atoms with Gasteiger partial charge in [0.25, 0.3) is 0 Å². The second kappa shape index (κ2) is 5.72. The van der Waals surface area contributed by atoms with E-state index in [4.69, 9.17) is 0 Å². The van der Waals surface area contributed by atoms with Crippen molar-refractivity contribution < 1.29 is 4.79 Å². The van der Waals surface area contributed by atoms with Crippen molar-refractivity contribution in [2.45, 2.75) is 57.4 Å². The highest BCUT2D eigenvalue weighted by Crippen LogP contribution is 2.60. The van der Waals surface area contributed by atoms with Gasteiger partial charge in [0.1, 0.15) is 0 Å². The number of thiazole rings is 1. The molecule has 5 fully saturated rings. The predicted octanol–water partition coefficient (Wildman–Crippen LogP) is 3.44. The number of anilines is 1. The smallest absolute Gasteiger partial charge is 0.226 e. The molecule has 1 saturated heterocycles. The minimum atomic E-state index is -0.0145. The molecule has 0 aromatic carbocycles. The molecule has 4 saturated carbocycles. The quantitative estimate of drug-likeness (QED) is 0.909. The van der Waals surface area contributed by atoms with Crippen LogP contribution in [0.5, 0.6) is 0 Å². The zero-order valence-electron chi connectivity index (χ0n) is 14.2. The average Bonchev–Trinajstić information content (AvgIpc) is 3.22. The maximum atomic E-state index is 13.1. The van der Waals surface area contributed by atoms with Crippen molar-refractivity contribution in [3.8, 4) is 0 Å². The third kappa shape index (κ3) is 2.47. The summed E-state index contributed by atoms with van der Waals surface area (Å²) in [7, 11) is 0. The van der Waals surface area contributed by atoms with Crippen LogP contribution >= 0.6 is 11.3 Å². The van der Waals surface area contributed by atoms with Gasteiger partial charge >= 0.3 is 0 Å². The van der Waals surface area contributed by atoms with E-state index in [0.717, 1.165) is 55.2 Å². The number of hydrogen-bond acceptors (Lipinski definition) is 4. The number of rotatable bonds is 4. The largest absolute Gasteiger partial charge is 0.354 e. The molecule has 2 heterocycles. The molecule has 1 unspecified atom stereocenters. The van der Waals surface area contributed by atoms with Crippen LogP contribution in [0, 0.1) is 23.2 Å². The van der Waals surface area contributed by atoms with Crippen LogP contribution in [-0.4, -0.2) is 30.0 Å². The van der Waals surface area contributed by atoms with Crippen LogP contribution < -0.4 is 10.2 Å². The first-order valence-electron chi connectivity index (χ1n) is 9.66. The maximum absolute atomic E-state index is 13.1. The Bertz CT molecular complexity index is 579. The van der Waals surface area contributed by atoms with E-state index >= 15 is 0 Å². The zero-order valence-corrected chi connectivity index (χ0v) is 15.1. The van der Waals surface area contributed by atoms with Gasteiger partial charge in [-0.2, -0.15) is 0 Å². The summed E-state index contributed by atoms with van der Waals surface area (Å²) in [5.41, 5.74) is -0.0145. The van der Waals surface area contributed by atoms with E-state index in [1.165, 1.54) is 32.1 Å². The molecular formula is C19H27N3OS. The first-order chi connectivity index (χ1) is 11.7. The lowest BCUT2D eigenvalue weighted by atomic mass is 9.49. The molecule has 1 atom stereocenters. The number of hydrogen-bond donors (Lipinski definition) is 1. The van der Waals surface area contributed by atoms with Gasteiger partial charge in [0, 0.05) is 36.1 Å². The van der Waals surface area contributed by atoms with Crippen LogP contribution in [0.2, 0.25) is 0 Å². The van der Waals surface area contributed by atoms with Crippen molar-refractivity contribution in [2.75, 3.05) is 18.0 Å². The minimum absolute atomic E-state index is 0.0145. The van der Waals surface area contributed by atoms with Crippen LogP contribution in [0.1, 0.15) is 51.4 Å². The maximum Gasteiger partial charge on any atom is 0.226 e. The van der Waals surface area contributed by atoms with Crippen LogP contribution in [0.25, 0.3) is 0 Å². The predicted molar refractivity (Wildman–Crippen MR) is 96.1 cm³/mol. The van der Waals surface area contributed by atoms with Gasteiger partial charge in [-0.25, -0.2) is 4.98 Å². The molecule has 130 valence electrons. The molecule has 6 rings (SSSR count). The highest BCUT2D eigenvalue weighted by Gasteiger charge is 2.54. The van der Waals surface area contributed by atoms with Crippen LogP contribution in [0.15, 0.2) is 11.6 Å². The molecule has 5 aliphatic rings. The number of amides is 1. The van der Waals surface area contributed by atoms with Crippen molar-refractivity contribution in [1.82, 2.24) is 10.3 Å². The van der Waals surface area contributed by atoms with E-state index in [2.05, 4.69) is 15.2 Å². The first-order valence-corrected chi connectivity index (χ1v) is 10.5. The fraction of sp³-hybridized carbons (Fsp3) is 0.789. The molecule has 1 aliphatic heterocycles. The normalized spacial score (nSPS) is 40.2. The third-order valence-corrected chi connectivity index (χ3v) is 7.87. The van der Waals surface area contributed by atoms with E-state index in [1.807, 2.05) is 11.6 Å². The van der Waals surface area contributed by atoms with Gasteiger partial charge in [0.15, 0.2) is 5.13 Å². The SMILES string of the molecule is O=C(NCC1CCCN1c1nccs1)C12CC3CC(CC(C3)C1)C2. The molecule has 1 amide bonds. The number of aromatic nitrogens is 1. The molecular weight excluding hydrogens is 318 g/mol. The Morgan fingerprint density at radius 2 is 1.96 bits per heavy atom. The summed E-state index contributed by atoms with van der Waals surface area (Å²) in [6.45, 7) is 1.87. The lowest BCUT2D eigenvalue weighted by Crippen LogP contribution is -2.55. The van der Waals surface area contributed by atoms with E-state index in [9.17, 15) is 4.79 Å². The van der Waals surface area contributed by atoms with Crippen LogP contribution in [-0.2, 0) is 4.79 Å². The Balaban J connectivity index is 1.25. The van der Waals surface area contributed by atoms with E-state index in [1.54, 1.807) is 11.3 Å². The standard InChI is InChI=1S/C19H27N3OS/c23-17(19-9-13-6-14(10-19)8-15(7-13)11-19)21-12-16-2-1-4-22(16)18-20-3-5-24-18/h3,5,13-16H,1-2,4,6-12H2,(H,21,23). The van der Waals surface area contributed by atoms with Crippen molar-refractivity contribution in [3.05, 3.63) is 11.6 Å². The molecule has 4 aliphatic carbocycles. The van der Waals surface area contributed by atoms with Gasteiger partial charge < -0.3 is 10.2 Å². The van der Waals surface area contributed by atoms with E-state index in [0.29, 0.717) is 11.9 Å². The van der Waals surface area contributed by atoms with Gasteiger partial charge in [-0.3, -0.25) is 4.79 Å². The Labute approximate surface area is 148 Å². The van der Waals surface area contributed by atoms with Crippen molar-refractivity contribution in [2.24, 2.45) is 23.2 Å². The van der Waals surface area contributed by atoms with Gasteiger partial charge in [-0.1, -0.05) is 0 Å². The van der Waals surface area contributed by atoms with E-state index < -0.39 is 0 Å². The molecule has 0 spiro atoms. The van der Waals surface area contributed by atoms with Gasteiger partial charge in [-0.15, -0.1) is 11.3 Å². The summed E-state index contributed by atoms with van der Waals surface area (Å²) in [5.74, 6) is 2.87. The summed E-state index contributed by atoms with van der Waals surface area (Å²) in [6.07, 6.45) is 11.9. The molecule has 5 heteroatoms. The first kappa shape index (κ1) is 15.2. The average molecular weight is 346 g/mol. The van der Waals surface area contributed by atoms with Gasteiger partial charge in [0.2, 0.25) is 5.91 Å². The van der Waals surface area contributed by atoms with Crippen molar-refractivity contribution in [1.29, 1.82) is 0 Å². The Morgan fingerprint density at radius 3 is 2.58 bits per heavy atom. The summed E-state index contributed by atoms with van der Waals surface area (Å²) in [5, 5.41) is 6.52. The monoisotopic (exact) mass is 345 g/mol. The number of carbonyl (C=O) groups is 1. The fourth-order valence-corrected chi connectivity index (χ4v) is 7.19. The Hall–Kier alpha value is -1.10. The molecule has 1 aromatic rings. The van der Waals surface area contributed by atoms with Gasteiger partial charge in [-0.05, 0) is 69.1 Å². The molecule has 0 radical (unpaired) electrons. The second-order valence-electron chi connectivity index (χ2n) is 8.71. The molecule has 1 aromatic heterocycles. The molecule has 1 N–H and O–H groups in total. The summed E-state index contributed by atoms with van der Waals surface area (Å²) >= 11 is 1.71. The summed E-state index contributed by atoms with van der Waals surface area (Å²) in [4.78, 5) is 20.0. The van der Waals surface area contributed by atoms with Crippen molar-refractivity contribution in [3.63, 3.8) is 0 Å². The van der Waals surface area contributed by atoms with Crippen molar-refractivity contribution >= 4 is 22.4 Å². The molecule has 4 bridgehead atoms. The van der Waals surface area contributed by atoms with E-state index in [-0.39, 0.29) is 5.41 Å². The highest BCUT2D eigenvalue weighted by molar-refractivity contribution is 7.13. The molecule has 24 heavy (non-hydrogen) atoms. The lowest BCUT2D eigenvalue weighted by molar-refractivity contribution is -0.146. The summed E-state index contributed by atoms with van der Waals surface area (Å²) in [6, 6.07) is 0.425. The topological polar surface area (TPSA) is 45.2 Å². The Kier molecular flexibility index (Phi) is 3.62. The summed E-state index contributed by atoms with van der Waals surface area (Å²) < 4.78 is 0.